The Hall–Kier alpha value is -1.66. The normalized spacial score (nSPS) is 25.0. The lowest BCUT2D eigenvalue weighted by atomic mass is 9.87. The van der Waals surface area contributed by atoms with E-state index < -0.39 is 6.10 Å². The first kappa shape index (κ1) is 17.2. The first-order valence-electron chi connectivity index (χ1n) is 8.66. The van der Waals surface area contributed by atoms with E-state index in [1.165, 1.54) is 12.1 Å². The fourth-order valence-corrected chi connectivity index (χ4v) is 3.66. The predicted octanol–water partition coefficient (Wildman–Crippen LogP) is 2.38. The molecule has 0 spiro atoms. The SMILES string of the molecule is C[C@H](O)C[C@H]1COCCN1C(=O)N[C@@H]1CCCc2ccc(F)cc21. The summed E-state index contributed by atoms with van der Waals surface area (Å²) < 4.78 is 19.0. The summed E-state index contributed by atoms with van der Waals surface area (Å²) in [6.07, 6.45) is 2.71. The predicted molar refractivity (Wildman–Crippen MR) is 88.2 cm³/mol. The van der Waals surface area contributed by atoms with Crippen LogP contribution in [-0.4, -0.2) is 47.9 Å². The Bertz CT molecular complexity index is 594. The molecule has 1 heterocycles. The van der Waals surface area contributed by atoms with Crippen molar-refractivity contribution in [1.29, 1.82) is 0 Å². The van der Waals surface area contributed by atoms with Crippen molar-refractivity contribution in [2.45, 2.75) is 50.8 Å². The van der Waals surface area contributed by atoms with E-state index in [0.29, 0.717) is 26.2 Å². The summed E-state index contributed by atoms with van der Waals surface area (Å²) in [6, 6.07) is 4.37. The van der Waals surface area contributed by atoms with Crippen LogP contribution in [0.25, 0.3) is 0 Å². The highest BCUT2D eigenvalue weighted by molar-refractivity contribution is 5.75. The molecule has 1 aromatic carbocycles. The van der Waals surface area contributed by atoms with Crippen LogP contribution in [0, 0.1) is 5.82 Å². The smallest absolute Gasteiger partial charge is 0.318 e. The summed E-state index contributed by atoms with van der Waals surface area (Å²) in [5.74, 6) is -0.270. The third kappa shape index (κ3) is 3.87. The Labute approximate surface area is 141 Å². The first-order chi connectivity index (χ1) is 11.5. The number of morpholine rings is 1. The van der Waals surface area contributed by atoms with Gasteiger partial charge in [-0.25, -0.2) is 9.18 Å². The second-order valence-electron chi connectivity index (χ2n) is 6.74. The van der Waals surface area contributed by atoms with Crippen LogP contribution in [0.4, 0.5) is 9.18 Å². The summed E-state index contributed by atoms with van der Waals surface area (Å²) in [7, 11) is 0. The molecule has 0 bridgehead atoms. The molecule has 0 unspecified atom stereocenters. The molecule has 1 aliphatic carbocycles. The lowest BCUT2D eigenvalue weighted by Gasteiger charge is -2.38. The zero-order chi connectivity index (χ0) is 17.1. The quantitative estimate of drug-likeness (QED) is 0.891. The van der Waals surface area contributed by atoms with Crippen LogP contribution in [0.1, 0.15) is 43.4 Å². The molecular weight excluding hydrogens is 311 g/mol. The van der Waals surface area contributed by atoms with E-state index in [-0.39, 0.29) is 23.9 Å². The summed E-state index contributed by atoms with van der Waals surface area (Å²) in [6.45, 7) is 3.16. The summed E-state index contributed by atoms with van der Waals surface area (Å²) >= 11 is 0. The van der Waals surface area contributed by atoms with Crippen LogP contribution in [0.3, 0.4) is 0 Å². The highest BCUT2D eigenvalue weighted by Crippen LogP contribution is 2.30. The fraction of sp³-hybridized carbons (Fsp3) is 0.611. The van der Waals surface area contributed by atoms with Crippen LogP contribution in [0.2, 0.25) is 0 Å². The van der Waals surface area contributed by atoms with Crippen LogP contribution < -0.4 is 5.32 Å². The average molecular weight is 336 g/mol. The Morgan fingerprint density at radius 2 is 2.38 bits per heavy atom. The van der Waals surface area contributed by atoms with Gasteiger partial charge in [-0.15, -0.1) is 0 Å². The lowest BCUT2D eigenvalue weighted by molar-refractivity contribution is -0.00493. The van der Waals surface area contributed by atoms with Gasteiger partial charge in [0.15, 0.2) is 0 Å². The van der Waals surface area contributed by atoms with E-state index >= 15 is 0 Å². The largest absolute Gasteiger partial charge is 0.393 e. The van der Waals surface area contributed by atoms with E-state index in [0.717, 1.165) is 30.4 Å². The molecule has 3 atom stereocenters. The van der Waals surface area contributed by atoms with E-state index in [9.17, 15) is 14.3 Å². The number of ether oxygens (including phenoxy) is 1. The van der Waals surface area contributed by atoms with Crippen molar-refractivity contribution in [3.8, 4) is 0 Å². The third-order valence-corrected chi connectivity index (χ3v) is 4.82. The van der Waals surface area contributed by atoms with E-state index in [1.54, 1.807) is 11.8 Å². The number of hydrogen-bond acceptors (Lipinski definition) is 3. The van der Waals surface area contributed by atoms with Gasteiger partial charge in [-0.2, -0.15) is 0 Å². The topological polar surface area (TPSA) is 61.8 Å². The molecule has 132 valence electrons. The molecule has 1 aromatic rings. The Balaban J connectivity index is 1.71. The Morgan fingerprint density at radius 1 is 1.54 bits per heavy atom. The molecule has 2 amide bonds. The number of aliphatic hydroxyl groups excluding tert-OH is 1. The summed E-state index contributed by atoms with van der Waals surface area (Å²) in [5.41, 5.74) is 1.99. The number of rotatable bonds is 3. The van der Waals surface area contributed by atoms with Gasteiger partial charge in [0.1, 0.15) is 5.82 Å². The van der Waals surface area contributed by atoms with Crippen molar-refractivity contribution >= 4 is 6.03 Å². The maximum absolute atomic E-state index is 13.6. The Morgan fingerprint density at radius 3 is 3.17 bits per heavy atom. The highest BCUT2D eigenvalue weighted by atomic mass is 19.1. The molecule has 0 radical (unpaired) electrons. The number of halogens is 1. The Kier molecular flexibility index (Phi) is 5.36. The van der Waals surface area contributed by atoms with Crippen molar-refractivity contribution in [3.63, 3.8) is 0 Å². The van der Waals surface area contributed by atoms with Crippen molar-refractivity contribution in [2.24, 2.45) is 0 Å². The zero-order valence-electron chi connectivity index (χ0n) is 14.0. The second-order valence-corrected chi connectivity index (χ2v) is 6.74. The molecule has 1 fully saturated rings. The molecule has 2 aliphatic rings. The van der Waals surface area contributed by atoms with Crippen molar-refractivity contribution < 1.29 is 19.0 Å². The fourth-order valence-electron chi connectivity index (χ4n) is 3.66. The maximum Gasteiger partial charge on any atom is 0.318 e. The standard InChI is InChI=1S/C18H25FN2O3/c1-12(22)9-15-11-24-8-7-21(15)18(23)20-17-4-2-3-13-5-6-14(19)10-16(13)17/h5-6,10,12,15,17,22H,2-4,7-9,11H2,1H3,(H,20,23)/t12-,15-,17+/m0/s1. The number of urea groups is 1. The van der Waals surface area contributed by atoms with Crippen LogP contribution in [0.5, 0.6) is 0 Å². The highest BCUT2D eigenvalue weighted by Gasteiger charge is 2.31. The number of fused-ring (bicyclic) bond motifs is 1. The number of aliphatic hydroxyl groups is 1. The zero-order valence-corrected chi connectivity index (χ0v) is 14.0. The van der Waals surface area contributed by atoms with Gasteiger partial charge in [0.25, 0.3) is 0 Å². The van der Waals surface area contributed by atoms with E-state index in [4.69, 9.17) is 4.74 Å². The minimum absolute atomic E-state index is 0.130. The molecule has 3 rings (SSSR count). The molecule has 1 saturated heterocycles. The summed E-state index contributed by atoms with van der Waals surface area (Å²) in [4.78, 5) is 14.5. The summed E-state index contributed by atoms with van der Waals surface area (Å²) in [5, 5.41) is 12.7. The molecule has 6 heteroatoms. The molecular formula is C18H25FN2O3. The average Bonchev–Trinajstić information content (AvgIpc) is 2.55. The van der Waals surface area contributed by atoms with E-state index in [1.807, 2.05) is 6.07 Å². The van der Waals surface area contributed by atoms with Gasteiger partial charge in [0, 0.05) is 6.54 Å². The molecule has 5 nitrogen and oxygen atoms in total. The molecule has 24 heavy (non-hydrogen) atoms. The van der Waals surface area contributed by atoms with Crippen molar-refractivity contribution in [2.75, 3.05) is 19.8 Å². The number of nitrogens with zero attached hydrogens (tertiary/aromatic N) is 1. The number of carbonyl (C=O) groups excluding carboxylic acids is 1. The first-order valence-corrected chi connectivity index (χ1v) is 8.66. The molecule has 1 aliphatic heterocycles. The number of amides is 2. The maximum atomic E-state index is 13.6. The van der Waals surface area contributed by atoms with Crippen molar-refractivity contribution in [3.05, 3.63) is 35.1 Å². The van der Waals surface area contributed by atoms with Gasteiger partial charge in [0.05, 0.1) is 31.4 Å². The molecule has 0 aromatic heterocycles. The monoisotopic (exact) mass is 336 g/mol. The van der Waals surface area contributed by atoms with Gasteiger partial charge in [-0.05, 0) is 55.9 Å². The number of aryl methyl sites for hydroxylation is 1. The third-order valence-electron chi connectivity index (χ3n) is 4.82. The van der Waals surface area contributed by atoms with Gasteiger partial charge in [-0.3, -0.25) is 0 Å². The number of hydrogen-bond donors (Lipinski definition) is 2. The van der Waals surface area contributed by atoms with Crippen LogP contribution in [0.15, 0.2) is 18.2 Å². The molecule has 0 saturated carbocycles. The van der Waals surface area contributed by atoms with Gasteiger partial charge >= 0.3 is 6.03 Å². The minimum atomic E-state index is -0.489. The van der Waals surface area contributed by atoms with Gasteiger partial charge in [-0.1, -0.05) is 6.07 Å². The van der Waals surface area contributed by atoms with Gasteiger partial charge < -0.3 is 20.1 Å². The number of nitrogens with one attached hydrogen (secondary N) is 1. The van der Waals surface area contributed by atoms with E-state index in [2.05, 4.69) is 5.32 Å². The van der Waals surface area contributed by atoms with Gasteiger partial charge in [0.2, 0.25) is 0 Å². The van der Waals surface area contributed by atoms with Crippen LogP contribution >= 0.6 is 0 Å². The lowest BCUT2D eigenvalue weighted by Crippen LogP contribution is -2.54. The van der Waals surface area contributed by atoms with Crippen LogP contribution in [-0.2, 0) is 11.2 Å². The molecule has 2 N–H and O–H groups in total. The minimum Gasteiger partial charge on any atom is -0.393 e. The number of benzene rings is 1. The second kappa shape index (κ2) is 7.49. The number of carbonyl (C=O) groups is 1. The van der Waals surface area contributed by atoms with Crippen molar-refractivity contribution in [1.82, 2.24) is 10.2 Å².